The molecule has 0 unspecified atom stereocenters. The van der Waals surface area contributed by atoms with Crippen molar-refractivity contribution in [3.63, 3.8) is 0 Å². The molecule has 0 bridgehead atoms. The largest absolute Gasteiger partial charge is 0.311 e. The number of nitrogens with one attached hydrogen (secondary N) is 1. The smallest absolute Gasteiger partial charge is 0.128 e. The Labute approximate surface area is 92.8 Å². The molecular weight excluding hydrogens is 245 g/mol. The van der Waals surface area contributed by atoms with Crippen molar-refractivity contribution >= 4 is 15.9 Å². The SMILES string of the molecule is CC[C@](C)(NC)c1cc(Br)ccc1F. The van der Waals surface area contributed by atoms with E-state index in [4.69, 9.17) is 0 Å². The molecule has 0 aromatic heterocycles. The van der Waals surface area contributed by atoms with E-state index >= 15 is 0 Å². The Morgan fingerprint density at radius 3 is 2.64 bits per heavy atom. The minimum absolute atomic E-state index is 0.160. The van der Waals surface area contributed by atoms with Crippen LogP contribution in [0.3, 0.4) is 0 Å². The molecule has 0 saturated heterocycles. The molecule has 1 nitrogen and oxygen atoms in total. The lowest BCUT2D eigenvalue weighted by atomic mass is 9.89. The first-order chi connectivity index (χ1) is 6.53. The van der Waals surface area contributed by atoms with Gasteiger partial charge >= 0.3 is 0 Å². The highest BCUT2D eigenvalue weighted by Crippen LogP contribution is 2.28. The third kappa shape index (κ3) is 2.15. The molecule has 0 radical (unpaired) electrons. The molecule has 3 heteroatoms. The second kappa shape index (κ2) is 4.41. The standard InChI is InChI=1S/C11H15BrFN/c1-4-11(2,14-3)9-7-8(12)5-6-10(9)13/h5-7,14H,4H2,1-3H3/t11-/m0/s1. The molecule has 1 aromatic rings. The molecule has 0 spiro atoms. The Kier molecular flexibility index (Phi) is 3.67. The molecule has 1 atom stereocenters. The quantitative estimate of drug-likeness (QED) is 0.877. The maximum absolute atomic E-state index is 13.6. The van der Waals surface area contributed by atoms with E-state index in [0.29, 0.717) is 5.56 Å². The molecule has 1 N–H and O–H groups in total. The predicted octanol–water partition coefficient (Wildman–Crippen LogP) is 3.43. The molecule has 0 heterocycles. The van der Waals surface area contributed by atoms with Crippen molar-refractivity contribution in [2.75, 3.05) is 7.05 Å². The Balaban J connectivity index is 3.22. The van der Waals surface area contributed by atoms with Crippen LogP contribution >= 0.6 is 15.9 Å². The van der Waals surface area contributed by atoms with Gasteiger partial charge in [0.05, 0.1) is 0 Å². The van der Waals surface area contributed by atoms with Crippen LogP contribution in [-0.2, 0) is 5.54 Å². The van der Waals surface area contributed by atoms with E-state index in [2.05, 4.69) is 21.2 Å². The summed E-state index contributed by atoms with van der Waals surface area (Å²) in [6.45, 7) is 4.04. The summed E-state index contributed by atoms with van der Waals surface area (Å²) in [5, 5.41) is 3.15. The van der Waals surface area contributed by atoms with Crippen LogP contribution in [0.5, 0.6) is 0 Å². The molecule has 14 heavy (non-hydrogen) atoms. The van der Waals surface area contributed by atoms with E-state index in [0.717, 1.165) is 10.9 Å². The molecule has 0 aliphatic carbocycles. The van der Waals surface area contributed by atoms with Crippen LogP contribution in [0, 0.1) is 5.82 Å². The van der Waals surface area contributed by atoms with Crippen molar-refractivity contribution < 1.29 is 4.39 Å². The highest BCUT2D eigenvalue weighted by Gasteiger charge is 2.25. The molecular formula is C11H15BrFN. The third-order valence-electron chi connectivity index (χ3n) is 2.78. The molecule has 78 valence electrons. The monoisotopic (exact) mass is 259 g/mol. The zero-order chi connectivity index (χ0) is 10.8. The summed E-state index contributed by atoms with van der Waals surface area (Å²) in [6.07, 6.45) is 0.844. The summed E-state index contributed by atoms with van der Waals surface area (Å²) in [4.78, 5) is 0. The summed E-state index contributed by atoms with van der Waals surface area (Å²) in [5.41, 5.74) is 0.408. The maximum atomic E-state index is 13.6. The molecule has 0 saturated carbocycles. The molecule has 0 amide bonds. The Morgan fingerprint density at radius 2 is 2.14 bits per heavy atom. The lowest BCUT2D eigenvalue weighted by Gasteiger charge is -2.29. The summed E-state index contributed by atoms with van der Waals surface area (Å²) >= 11 is 3.35. The average Bonchev–Trinajstić information content (AvgIpc) is 2.20. The Hall–Kier alpha value is -0.410. The zero-order valence-corrected chi connectivity index (χ0v) is 10.3. The predicted molar refractivity (Wildman–Crippen MR) is 60.8 cm³/mol. The highest BCUT2D eigenvalue weighted by atomic mass is 79.9. The van der Waals surface area contributed by atoms with E-state index in [-0.39, 0.29) is 11.4 Å². The number of halogens is 2. The van der Waals surface area contributed by atoms with E-state index < -0.39 is 0 Å². The van der Waals surface area contributed by atoms with E-state index in [9.17, 15) is 4.39 Å². The fraction of sp³-hybridized carbons (Fsp3) is 0.455. The molecule has 1 rings (SSSR count). The minimum Gasteiger partial charge on any atom is -0.311 e. The number of rotatable bonds is 3. The number of hydrogen-bond donors (Lipinski definition) is 1. The van der Waals surface area contributed by atoms with Gasteiger partial charge in [-0.15, -0.1) is 0 Å². The second-order valence-electron chi connectivity index (χ2n) is 3.56. The van der Waals surface area contributed by atoms with Gasteiger partial charge in [0.15, 0.2) is 0 Å². The van der Waals surface area contributed by atoms with E-state index in [1.54, 1.807) is 6.07 Å². The summed E-state index contributed by atoms with van der Waals surface area (Å²) in [6, 6.07) is 5.03. The van der Waals surface area contributed by atoms with Crippen LogP contribution in [0.1, 0.15) is 25.8 Å². The van der Waals surface area contributed by atoms with Crippen molar-refractivity contribution in [3.05, 3.63) is 34.1 Å². The lowest BCUT2D eigenvalue weighted by molar-refractivity contribution is 0.368. The van der Waals surface area contributed by atoms with Crippen LogP contribution < -0.4 is 5.32 Å². The van der Waals surface area contributed by atoms with Crippen molar-refractivity contribution in [1.29, 1.82) is 0 Å². The molecule has 0 fully saturated rings. The summed E-state index contributed by atoms with van der Waals surface area (Å²) < 4.78 is 14.5. The van der Waals surface area contributed by atoms with Gasteiger partial charge in [0, 0.05) is 15.6 Å². The van der Waals surface area contributed by atoms with Crippen LogP contribution in [0.2, 0.25) is 0 Å². The van der Waals surface area contributed by atoms with E-state index in [1.807, 2.05) is 27.0 Å². The normalized spacial score (nSPS) is 15.2. The summed E-state index contributed by atoms with van der Waals surface area (Å²) in [5.74, 6) is -0.160. The van der Waals surface area contributed by atoms with Crippen LogP contribution in [0.4, 0.5) is 4.39 Å². The molecule has 0 aliphatic rings. The van der Waals surface area contributed by atoms with Crippen LogP contribution in [0.15, 0.2) is 22.7 Å². The highest BCUT2D eigenvalue weighted by molar-refractivity contribution is 9.10. The van der Waals surface area contributed by atoms with E-state index in [1.165, 1.54) is 6.07 Å². The first-order valence-corrected chi connectivity index (χ1v) is 5.47. The first-order valence-electron chi connectivity index (χ1n) is 4.68. The molecule has 1 aromatic carbocycles. The van der Waals surface area contributed by atoms with Gasteiger partial charge in [0.25, 0.3) is 0 Å². The molecule has 0 aliphatic heterocycles. The average molecular weight is 260 g/mol. The minimum atomic E-state index is -0.298. The van der Waals surface area contributed by atoms with Crippen molar-refractivity contribution in [2.24, 2.45) is 0 Å². The summed E-state index contributed by atoms with van der Waals surface area (Å²) in [7, 11) is 1.85. The van der Waals surface area contributed by atoms with Gasteiger partial charge in [-0.05, 0) is 38.6 Å². The Bertz CT molecular complexity index is 321. The fourth-order valence-electron chi connectivity index (χ4n) is 1.42. The Morgan fingerprint density at radius 1 is 1.50 bits per heavy atom. The maximum Gasteiger partial charge on any atom is 0.128 e. The fourth-order valence-corrected chi connectivity index (χ4v) is 1.78. The van der Waals surface area contributed by atoms with Gasteiger partial charge in [-0.25, -0.2) is 4.39 Å². The van der Waals surface area contributed by atoms with Crippen molar-refractivity contribution in [3.8, 4) is 0 Å². The van der Waals surface area contributed by atoms with Gasteiger partial charge in [-0.2, -0.15) is 0 Å². The lowest BCUT2D eigenvalue weighted by Crippen LogP contribution is -2.36. The van der Waals surface area contributed by atoms with Crippen LogP contribution in [-0.4, -0.2) is 7.05 Å². The number of benzene rings is 1. The van der Waals surface area contributed by atoms with Crippen molar-refractivity contribution in [1.82, 2.24) is 5.32 Å². The first kappa shape index (κ1) is 11.7. The van der Waals surface area contributed by atoms with Crippen molar-refractivity contribution in [2.45, 2.75) is 25.8 Å². The van der Waals surface area contributed by atoms with Gasteiger partial charge in [0.1, 0.15) is 5.82 Å². The van der Waals surface area contributed by atoms with Gasteiger partial charge in [-0.1, -0.05) is 22.9 Å². The van der Waals surface area contributed by atoms with Gasteiger partial charge in [-0.3, -0.25) is 0 Å². The second-order valence-corrected chi connectivity index (χ2v) is 4.48. The number of hydrogen-bond acceptors (Lipinski definition) is 1. The topological polar surface area (TPSA) is 12.0 Å². The van der Waals surface area contributed by atoms with Gasteiger partial charge in [0.2, 0.25) is 0 Å². The van der Waals surface area contributed by atoms with Crippen LogP contribution in [0.25, 0.3) is 0 Å². The van der Waals surface area contributed by atoms with Gasteiger partial charge < -0.3 is 5.32 Å². The third-order valence-corrected chi connectivity index (χ3v) is 3.27. The zero-order valence-electron chi connectivity index (χ0n) is 8.70.